The van der Waals surface area contributed by atoms with Crippen molar-refractivity contribution in [2.24, 2.45) is 5.73 Å². The summed E-state index contributed by atoms with van der Waals surface area (Å²) in [7, 11) is 0. The SMILES string of the molecule is Cc1ccccc1SCC(=O)NCC(C)(C)N. The summed E-state index contributed by atoms with van der Waals surface area (Å²) in [5.74, 6) is 0.456. The first kappa shape index (κ1) is 14.1. The van der Waals surface area contributed by atoms with Crippen LogP contribution in [0, 0.1) is 6.92 Å². The van der Waals surface area contributed by atoms with Crippen molar-refractivity contribution in [1.29, 1.82) is 0 Å². The fourth-order valence-electron chi connectivity index (χ4n) is 1.24. The van der Waals surface area contributed by atoms with Crippen LogP contribution in [0.1, 0.15) is 19.4 Å². The molecule has 0 saturated heterocycles. The van der Waals surface area contributed by atoms with Gasteiger partial charge in [0.25, 0.3) is 0 Å². The minimum Gasteiger partial charge on any atom is -0.354 e. The van der Waals surface area contributed by atoms with E-state index in [9.17, 15) is 4.79 Å². The summed E-state index contributed by atoms with van der Waals surface area (Å²) in [6.07, 6.45) is 0. The Morgan fingerprint density at radius 3 is 2.65 bits per heavy atom. The molecule has 0 fully saturated rings. The Labute approximate surface area is 107 Å². The molecule has 0 saturated carbocycles. The van der Waals surface area contributed by atoms with Gasteiger partial charge < -0.3 is 11.1 Å². The van der Waals surface area contributed by atoms with E-state index in [4.69, 9.17) is 5.73 Å². The number of benzene rings is 1. The van der Waals surface area contributed by atoms with E-state index in [0.29, 0.717) is 12.3 Å². The van der Waals surface area contributed by atoms with Crippen LogP contribution in [0.15, 0.2) is 29.2 Å². The van der Waals surface area contributed by atoms with Gasteiger partial charge in [-0.2, -0.15) is 0 Å². The predicted octanol–water partition coefficient (Wildman–Crippen LogP) is 1.94. The van der Waals surface area contributed by atoms with Gasteiger partial charge in [-0.3, -0.25) is 4.79 Å². The molecule has 0 aliphatic rings. The second kappa shape index (κ2) is 6.07. The number of carbonyl (C=O) groups excluding carboxylic acids is 1. The number of rotatable bonds is 5. The largest absolute Gasteiger partial charge is 0.354 e. The molecule has 3 N–H and O–H groups in total. The Kier molecular flexibility index (Phi) is 5.02. The quantitative estimate of drug-likeness (QED) is 0.787. The van der Waals surface area contributed by atoms with E-state index in [2.05, 4.69) is 5.32 Å². The van der Waals surface area contributed by atoms with Crippen LogP contribution in [0.4, 0.5) is 0 Å². The molecule has 1 rings (SSSR count). The van der Waals surface area contributed by atoms with Gasteiger partial charge in [-0.25, -0.2) is 0 Å². The number of hydrogen-bond acceptors (Lipinski definition) is 3. The molecule has 0 aliphatic carbocycles. The number of carbonyl (C=O) groups is 1. The highest BCUT2D eigenvalue weighted by Gasteiger charge is 2.12. The molecule has 0 radical (unpaired) electrons. The summed E-state index contributed by atoms with van der Waals surface area (Å²) in [6, 6.07) is 8.05. The smallest absolute Gasteiger partial charge is 0.230 e. The van der Waals surface area contributed by atoms with E-state index in [1.807, 2.05) is 45.0 Å². The topological polar surface area (TPSA) is 55.1 Å². The molecule has 3 nitrogen and oxygen atoms in total. The molecule has 0 atom stereocenters. The molecule has 17 heavy (non-hydrogen) atoms. The van der Waals surface area contributed by atoms with Crippen LogP contribution < -0.4 is 11.1 Å². The highest BCUT2D eigenvalue weighted by molar-refractivity contribution is 8.00. The van der Waals surface area contributed by atoms with Gasteiger partial charge >= 0.3 is 0 Å². The average molecular weight is 252 g/mol. The van der Waals surface area contributed by atoms with E-state index in [1.165, 1.54) is 5.56 Å². The van der Waals surface area contributed by atoms with E-state index in [-0.39, 0.29) is 11.4 Å². The Morgan fingerprint density at radius 2 is 2.06 bits per heavy atom. The lowest BCUT2D eigenvalue weighted by atomic mass is 10.1. The second-order valence-electron chi connectivity index (χ2n) is 4.82. The Hall–Kier alpha value is -1.00. The number of aryl methyl sites for hydroxylation is 1. The lowest BCUT2D eigenvalue weighted by Crippen LogP contribution is -2.45. The van der Waals surface area contributed by atoms with Gasteiger partial charge in [0.2, 0.25) is 5.91 Å². The molecule has 1 aromatic rings. The maximum atomic E-state index is 11.6. The summed E-state index contributed by atoms with van der Waals surface area (Å²) in [6.45, 7) is 6.33. The highest BCUT2D eigenvalue weighted by atomic mass is 32.2. The van der Waals surface area contributed by atoms with Crippen molar-refractivity contribution >= 4 is 17.7 Å². The van der Waals surface area contributed by atoms with Crippen molar-refractivity contribution < 1.29 is 4.79 Å². The Bertz CT molecular complexity index is 385. The first-order valence-corrected chi connectivity index (χ1v) is 6.61. The average Bonchev–Trinajstić information content (AvgIpc) is 2.24. The van der Waals surface area contributed by atoms with Gasteiger partial charge in [0.15, 0.2) is 0 Å². The fraction of sp³-hybridized carbons (Fsp3) is 0.462. The van der Waals surface area contributed by atoms with Crippen molar-refractivity contribution in [3.63, 3.8) is 0 Å². The van der Waals surface area contributed by atoms with Gasteiger partial charge in [-0.1, -0.05) is 18.2 Å². The van der Waals surface area contributed by atoms with Crippen LogP contribution in [-0.2, 0) is 4.79 Å². The molecule has 0 bridgehead atoms. The van der Waals surface area contributed by atoms with Crippen LogP contribution in [0.25, 0.3) is 0 Å². The molecule has 0 aliphatic heterocycles. The van der Waals surface area contributed by atoms with Crippen molar-refractivity contribution in [3.05, 3.63) is 29.8 Å². The third-order valence-corrected chi connectivity index (χ3v) is 3.37. The molecule has 0 aromatic heterocycles. The van der Waals surface area contributed by atoms with Crippen molar-refractivity contribution in [2.75, 3.05) is 12.3 Å². The van der Waals surface area contributed by atoms with Crippen LogP contribution >= 0.6 is 11.8 Å². The minimum atomic E-state index is -0.358. The van der Waals surface area contributed by atoms with Crippen molar-refractivity contribution in [2.45, 2.75) is 31.2 Å². The molecular weight excluding hydrogens is 232 g/mol. The van der Waals surface area contributed by atoms with Crippen molar-refractivity contribution in [3.8, 4) is 0 Å². The van der Waals surface area contributed by atoms with E-state index in [1.54, 1.807) is 11.8 Å². The third-order valence-electron chi connectivity index (χ3n) is 2.19. The van der Waals surface area contributed by atoms with E-state index < -0.39 is 0 Å². The summed E-state index contributed by atoms with van der Waals surface area (Å²) in [4.78, 5) is 12.7. The van der Waals surface area contributed by atoms with Gasteiger partial charge in [-0.15, -0.1) is 11.8 Å². The highest BCUT2D eigenvalue weighted by Crippen LogP contribution is 2.21. The molecule has 0 spiro atoms. The Morgan fingerprint density at radius 1 is 1.41 bits per heavy atom. The summed E-state index contributed by atoms with van der Waals surface area (Å²) < 4.78 is 0. The van der Waals surface area contributed by atoms with Crippen molar-refractivity contribution in [1.82, 2.24) is 5.32 Å². The number of nitrogens with two attached hydrogens (primary N) is 1. The summed E-state index contributed by atoms with van der Waals surface area (Å²) in [5, 5.41) is 2.83. The van der Waals surface area contributed by atoms with Crippen LogP contribution in [0.5, 0.6) is 0 Å². The molecule has 94 valence electrons. The molecule has 4 heteroatoms. The number of amides is 1. The molecular formula is C13H20N2OS. The van der Waals surface area contributed by atoms with Gasteiger partial charge in [-0.05, 0) is 32.4 Å². The van der Waals surface area contributed by atoms with E-state index >= 15 is 0 Å². The van der Waals surface area contributed by atoms with E-state index in [0.717, 1.165) is 4.90 Å². The molecule has 0 heterocycles. The maximum Gasteiger partial charge on any atom is 0.230 e. The lowest BCUT2D eigenvalue weighted by molar-refractivity contribution is -0.118. The molecule has 1 aromatic carbocycles. The molecule has 1 amide bonds. The zero-order chi connectivity index (χ0) is 12.9. The fourth-order valence-corrected chi connectivity index (χ4v) is 2.10. The number of nitrogens with one attached hydrogen (secondary N) is 1. The Balaban J connectivity index is 2.36. The molecule has 0 unspecified atom stereocenters. The third kappa shape index (κ3) is 5.75. The van der Waals surface area contributed by atoms with Gasteiger partial charge in [0.05, 0.1) is 5.75 Å². The van der Waals surface area contributed by atoms with Crippen LogP contribution in [0.2, 0.25) is 0 Å². The minimum absolute atomic E-state index is 0.0248. The zero-order valence-electron chi connectivity index (χ0n) is 10.6. The maximum absolute atomic E-state index is 11.6. The van der Waals surface area contributed by atoms with Crippen LogP contribution in [0.3, 0.4) is 0 Å². The predicted molar refractivity (Wildman–Crippen MR) is 73.2 cm³/mol. The monoisotopic (exact) mass is 252 g/mol. The summed E-state index contributed by atoms with van der Waals surface area (Å²) in [5.41, 5.74) is 6.63. The van der Waals surface area contributed by atoms with Gasteiger partial charge in [0, 0.05) is 17.0 Å². The summed E-state index contributed by atoms with van der Waals surface area (Å²) >= 11 is 1.55. The first-order valence-electron chi connectivity index (χ1n) is 5.62. The van der Waals surface area contributed by atoms with Gasteiger partial charge in [0.1, 0.15) is 0 Å². The first-order chi connectivity index (χ1) is 7.88. The number of thioether (sulfide) groups is 1. The lowest BCUT2D eigenvalue weighted by Gasteiger charge is -2.18. The standard InChI is InChI=1S/C13H20N2OS/c1-10-6-4-5-7-11(10)17-8-12(16)15-9-13(2,3)14/h4-7H,8-9,14H2,1-3H3,(H,15,16). The zero-order valence-corrected chi connectivity index (χ0v) is 11.4. The second-order valence-corrected chi connectivity index (χ2v) is 5.84. The normalized spacial score (nSPS) is 11.3. The number of hydrogen-bond donors (Lipinski definition) is 2. The van der Waals surface area contributed by atoms with Crippen LogP contribution in [-0.4, -0.2) is 23.7 Å².